The largest absolute Gasteiger partial charge is 0.326 e. The highest BCUT2D eigenvalue weighted by molar-refractivity contribution is 7.84. The number of nitrogens with one attached hydrogen (secondary N) is 1. The summed E-state index contributed by atoms with van der Waals surface area (Å²) in [6.07, 6.45) is 2.09. The molecule has 1 aliphatic rings. The van der Waals surface area contributed by atoms with E-state index in [-0.39, 0.29) is 11.8 Å². The first-order valence-electron chi connectivity index (χ1n) is 5.02. The van der Waals surface area contributed by atoms with Crippen LogP contribution in [0.2, 0.25) is 0 Å². The summed E-state index contributed by atoms with van der Waals surface area (Å²) in [4.78, 5) is 12.4. The Bertz CT molecular complexity index is 473. The fraction of sp³-hybridized carbons (Fsp3) is 0.364. The fourth-order valence-electron chi connectivity index (χ4n) is 1.46. The molecular formula is C11H11Cl2NO2S. The average Bonchev–Trinajstić information content (AvgIpc) is 2.89. The first kappa shape index (κ1) is 12.9. The van der Waals surface area contributed by atoms with Crippen molar-refractivity contribution in [2.24, 2.45) is 5.92 Å². The summed E-state index contributed by atoms with van der Waals surface area (Å²) < 4.78 is 10.3. The molecule has 1 aliphatic carbocycles. The van der Waals surface area contributed by atoms with Gasteiger partial charge < -0.3 is 5.32 Å². The summed E-state index contributed by atoms with van der Waals surface area (Å²) in [6, 6.07) is 6.85. The highest BCUT2D eigenvalue weighted by Gasteiger charge is 2.56. The Morgan fingerprint density at radius 1 is 1.41 bits per heavy atom. The van der Waals surface area contributed by atoms with Crippen molar-refractivity contribution in [2.75, 3.05) is 11.6 Å². The highest BCUT2D eigenvalue weighted by Crippen LogP contribution is 2.53. The molecule has 0 unspecified atom stereocenters. The molecule has 1 aromatic carbocycles. The van der Waals surface area contributed by atoms with Crippen LogP contribution < -0.4 is 5.32 Å². The molecule has 6 heteroatoms. The lowest BCUT2D eigenvalue weighted by Gasteiger charge is -2.05. The van der Waals surface area contributed by atoms with Gasteiger partial charge in [0, 0.05) is 27.6 Å². The van der Waals surface area contributed by atoms with Gasteiger partial charge in [-0.1, -0.05) is 0 Å². The van der Waals surface area contributed by atoms with Crippen LogP contribution in [-0.2, 0) is 15.6 Å². The zero-order valence-corrected chi connectivity index (χ0v) is 11.4. The fourth-order valence-corrected chi connectivity index (χ4v) is 2.48. The summed E-state index contributed by atoms with van der Waals surface area (Å²) >= 11 is 11.6. The Morgan fingerprint density at radius 3 is 2.35 bits per heavy atom. The lowest BCUT2D eigenvalue weighted by atomic mass is 10.3. The molecule has 92 valence electrons. The molecule has 1 amide bonds. The summed E-state index contributed by atoms with van der Waals surface area (Å²) in [6.45, 7) is 0. The van der Waals surface area contributed by atoms with Crippen molar-refractivity contribution in [3.63, 3.8) is 0 Å². The van der Waals surface area contributed by atoms with E-state index in [1.807, 2.05) is 0 Å². The van der Waals surface area contributed by atoms with Crippen molar-refractivity contribution in [1.82, 2.24) is 0 Å². The van der Waals surface area contributed by atoms with Gasteiger partial charge in [0.1, 0.15) is 4.33 Å². The second-order valence-corrected chi connectivity index (χ2v) is 6.91. The Morgan fingerprint density at radius 2 is 1.94 bits per heavy atom. The highest BCUT2D eigenvalue weighted by atomic mass is 35.5. The number of carbonyl (C=O) groups is 1. The van der Waals surface area contributed by atoms with E-state index in [1.54, 1.807) is 30.5 Å². The zero-order valence-electron chi connectivity index (χ0n) is 9.07. The Kier molecular flexibility index (Phi) is 3.48. The molecule has 1 N–H and O–H groups in total. The molecule has 0 spiro atoms. The molecule has 0 radical (unpaired) electrons. The van der Waals surface area contributed by atoms with E-state index in [2.05, 4.69) is 5.32 Å². The molecule has 17 heavy (non-hydrogen) atoms. The standard InChI is InChI=1S/C11H11Cl2NO2S/c1-17(16)8-4-2-7(3-5-8)14-10(15)9-6-11(9,12)13/h2-5,9H,6H2,1H3,(H,14,15)/t9-,17-/m1/s1. The van der Waals surface area contributed by atoms with Crippen molar-refractivity contribution in [3.8, 4) is 0 Å². The molecular weight excluding hydrogens is 281 g/mol. The van der Waals surface area contributed by atoms with Crippen LogP contribution >= 0.6 is 23.2 Å². The molecule has 3 nitrogen and oxygen atoms in total. The number of alkyl halides is 2. The van der Waals surface area contributed by atoms with Crippen LogP contribution in [0.5, 0.6) is 0 Å². The van der Waals surface area contributed by atoms with Crippen molar-refractivity contribution < 1.29 is 9.00 Å². The molecule has 0 bridgehead atoms. The number of hydrogen-bond acceptors (Lipinski definition) is 2. The normalized spacial score (nSPS) is 22.9. The maximum atomic E-state index is 11.7. The number of carbonyl (C=O) groups excluding carboxylic acids is 1. The van der Waals surface area contributed by atoms with Crippen LogP contribution in [0.15, 0.2) is 29.2 Å². The van der Waals surface area contributed by atoms with Gasteiger partial charge in [0.15, 0.2) is 0 Å². The summed E-state index contributed by atoms with van der Waals surface area (Å²) in [5.41, 5.74) is 0.653. The van der Waals surface area contributed by atoms with Gasteiger partial charge >= 0.3 is 0 Å². The minimum absolute atomic E-state index is 0.180. The lowest BCUT2D eigenvalue weighted by Crippen LogP contribution is -2.16. The van der Waals surface area contributed by atoms with Gasteiger partial charge in [0.2, 0.25) is 5.91 Å². The molecule has 1 fully saturated rings. The number of benzene rings is 1. The maximum absolute atomic E-state index is 11.7. The topological polar surface area (TPSA) is 46.2 Å². The second-order valence-electron chi connectivity index (χ2n) is 3.99. The van der Waals surface area contributed by atoms with Crippen molar-refractivity contribution in [2.45, 2.75) is 15.6 Å². The van der Waals surface area contributed by atoms with Crippen LogP contribution in [-0.4, -0.2) is 20.7 Å². The second kappa shape index (κ2) is 4.59. The monoisotopic (exact) mass is 291 g/mol. The van der Waals surface area contributed by atoms with Crippen LogP contribution in [0.1, 0.15) is 6.42 Å². The van der Waals surface area contributed by atoms with Gasteiger partial charge in [0.25, 0.3) is 0 Å². The molecule has 0 heterocycles. The molecule has 2 rings (SSSR count). The predicted octanol–water partition coefficient (Wildman–Crippen LogP) is 2.56. The van der Waals surface area contributed by atoms with Gasteiger partial charge in [-0.05, 0) is 30.7 Å². The first-order valence-corrected chi connectivity index (χ1v) is 7.34. The summed E-state index contributed by atoms with van der Waals surface area (Å²) in [5, 5.41) is 2.72. The van der Waals surface area contributed by atoms with Gasteiger partial charge in [-0.25, -0.2) is 0 Å². The van der Waals surface area contributed by atoms with E-state index in [1.165, 1.54) is 0 Å². The number of amides is 1. The van der Waals surface area contributed by atoms with Gasteiger partial charge in [-0.3, -0.25) is 9.00 Å². The summed E-state index contributed by atoms with van der Waals surface area (Å²) in [7, 11) is -1.01. The van der Waals surface area contributed by atoms with Gasteiger partial charge in [-0.15, -0.1) is 23.2 Å². The van der Waals surface area contributed by atoms with Crippen LogP contribution in [0.4, 0.5) is 5.69 Å². The minimum Gasteiger partial charge on any atom is -0.326 e. The SMILES string of the molecule is C[S@@](=O)c1ccc(NC(=O)[C@H]2CC2(Cl)Cl)cc1. The van der Waals surface area contributed by atoms with Gasteiger partial charge in [0.05, 0.1) is 5.92 Å². The van der Waals surface area contributed by atoms with Crippen molar-refractivity contribution in [1.29, 1.82) is 0 Å². The van der Waals surface area contributed by atoms with Crippen molar-refractivity contribution >= 4 is 45.6 Å². The van der Waals surface area contributed by atoms with E-state index in [9.17, 15) is 9.00 Å². The van der Waals surface area contributed by atoms with Crippen LogP contribution in [0.3, 0.4) is 0 Å². The third-order valence-corrected chi connectivity index (χ3v) is 4.37. The molecule has 1 saturated carbocycles. The third-order valence-electron chi connectivity index (χ3n) is 2.60. The minimum atomic E-state index is -1.01. The molecule has 0 aliphatic heterocycles. The third kappa shape index (κ3) is 3.00. The predicted molar refractivity (Wildman–Crippen MR) is 69.9 cm³/mol. The smallest absolute Gasteiger partial charge is 0.230 e. The molecule has 1 aromatic rings. The quantitative estimate of drug-likeness (QED) is 0.870. The first-order chi connectivity index (χ1) is 7.90. The number of halogens is 2. The molecule has 2 atom stereocenters. The van der Waals surface area contributed by atoms with Crippen molar-refractivity contribution in [3.05, 3.63) is 24.3 Å². The molecule has 0 saturated heterocycles. The van der Waals surface area contributed by atoms with E-state index in [0.29, 0.717) is 12.1 Å². The Hall–Kier alpha value is -0.580. The van der Waals surface area contributed by atoms with E-state index < -0.39 is 15.1 Å². The van der Waals surface area contributed by atoms with Crippen LogP contribution in [0.25, 0.3) is 0 Å². The van der Waals surface area contributed by atoms with E-state index in [0.717, 1.165) is 4.90 Å². The average molecular weight is 292 g/mol. The van der Waals surface area contributed by atoms with Crippen LogP contribution in [0, 0.1) is 5.92 Å². The number of rotatable bonds is 3. The Labute approximate surface area is 112 Å². The number of anilines is 1. The van der Waals surface area contributed by atoms with Gasteiger partial charge in [-0.2, -0.15) is 0 Å². The molecule has 0 aromatic heterocycles. The number of hydrogen-bond donors (Lipinski definition) is 1. The summed E-state index contributed by atoms with van der Waals surface area (Å²) in [5.74, 6) is -0.522. The van der Waals surface area contributed by atoms with E-state index >= 15 is 0 Å². The lowest BCUT2D eigenvalue weighted by molar-refractivity contribution is -0.117. The zero-order chi connectivity index (χ0) is 12.6. The maximum Gasteiger partial charge on any atom is 0.230 e. The Balaban J connectivity index is 2.00. The van der Waals surface area contributed by atoms with E-state index in [4.69, 9.17) is 23.2 Å².